The summed E-state index contributed by atoms with van der Waals surface area (Å²) in [7, 11) is 3.33. The van der Waals surface area contributed by atoms with Crippen LogP contribution in [0.3, 0.4) is 0 Å². The molecule has 0 saturated carbocycles. The number of rotatable bonds is 5. The lowest BCUT2D eigenvalue weighted by Gasteiger charge is -2.13. The first-order chi connectivity index (χ1) is 9.97. The van der Waals surface area contributed by atoms with E-state index in [1.165, 1.54) is 0 Å². The summed E-state index contributed by atoms with van der Waals surface area (Å²) in [5.74, 6) is 1.35. The fourth-order valence-electron chi connectivity index (χ4n) is 1.97. The highest BCUT2D eigenvalue weighted by atomic mass is 35.5. The van der Waals surface area contributed by atoms with Gasteiger partial charge in [-0.1, -0.05) is 23.2 Å². The molecule has 0 radical (unpaired) electrons. The van der Waals surface area contributed by atoms with Gasteiger partial charge in [0.1, 0.15) is 11.8 Å². The Hall–Kier alpha value is -1.10. The van der Waals surface area contributed by atoms with E-state index in [-0.39, 0.29) is 6.61 Å². The average molecular weight is 350 g/mol. The molecule has 4 nitrogen and oxygen atoms in total. The molecular formula is C14H15Cl3N2O2. The lowest BCUT2D eigenvalue weighted by molar-refractivity contribution is 0.284. The summed E-state index contributed by atoms with van der Waals surface area (Å²) < 4.78 is 12.7. The molecule has 114 valence electrons. The number of aromatic nitrogens is 2. The summed E-state index contributed by atoms with van der Waals surface area (Å²) in [6.45, 7) is 2.13. The highest BCUT2D eigenvalue weighted by molar-refractivity contribution is 6.32. The molecule has 7 heteroatoms. The lowest BCUT2D eigenvalue weighted by Crippen LogP contribution is -2.00. The molecule has 1 aromatic carbocycles. The first kappa shape index (κ1) is 16.3. The van der Waals surface area contributed by atoms with Gasteiger partial charge in [0, 0.05) is 18.5 Å². The Balaban J connectivity index is 2.27. The van der Waals surface area contributed by atoms with E-state index in [9.17, 15) is 0 Å². The number of nitrogens with zero attached hydrogens (tertiary/aromatic N) is 2. The predicted molar refractivity (Wildman–Crippen MR) is 84.8 cm³/mol. The molecular weight excluding hydrogens is 335 g/mol. The van der Waals surface area contributed by atoms with Gasteiger partial charge in [0.05, 0.1) is 17.8 Å². The number of alkyl halides is 1. The minimum atomic E-state index is 0.259. The van der Waals surface area contributed by atoms with Gasteiger partial charge in [-0.25, -0.2) is 0 Å². The van der Waals surface area contributed by atoms with Crippen molar-refractivity contribution in [2.75, 3.05) is 7.11 Å². The van der Waals surface area contributed by atoms with Crippen molar-refractivity contribution < 1.29 is 9.47 Å². The van der Waals surface area contributed by atoms with Gasteiger partial charge in [0.25, 0.3) is 0 Å². The number of benzene rings is 1. The van der Waals surface area contributed by atoms with Crippen molar-refractivity contribution in [1.29, 1.82) is 0 Å². The van der Waals surface area contributed by atoms with E-state index < -0.39 is 0 Å². The second-order valence-electron chi connectivity index (χ2n) is 4.51. The predicted octanol–water partition coefficient (Wildman–Crippen LogP) is 4.36. The Kier molecular flexibility index (Phi) is 5.25. The quantitative estimate of drug-likeness (QED) is 0.752. The Labute approximate surface area is 138 Å². The van der Waals surface area contributed by atoms with E-state index in [0.717, 1.165) is 16.8 Å². The number of halogens is 3. The van der Waals surface area contributed by atoms with Crippen molar-refractivity contribution in [3.8, 4) is 11.5 Å². The molecule has 0 spiro atoms. The number of ether oxygens (including phenoxy) is 2. The second-order valence-corrected chi connectivity index (χ2v) is 5.54. The largest absolute Gasteiger partial charge is 0.493 e. The lowest BCUT2D eigenvalue weighted by atomic mass is 10.2. The molecule has 0 N–H and O–H groups in total. The number of methoxy groups -OCH3 is 1. The first-order valence-corrected chi connectivity index (χ1v) is 7.50. The zero-order valence-corrected chi connectivity index (χ0v) is 14.2. The minimum Gasteiger partial charge on any atom is -0.493 e. The van der Waals surface area contributed by atoms with Crippen LogP contribution in [0.25, 0.3) is 0 Å². The molecule has 0 aliphatic rings. The third kappa shape index (κ3) is 3.39. The number of hydrogen-bond acceptors (Lipinski definition) is 3. The number of aryl methyl sites for hydroxylation is 2. The molecule has 2 rings (SSSR count). The van der Waals surface area contributed by atoms with Crippen LogP contribution in [0.4, 0.5) is 0 Å². The third-order valence-corrected chi connectivity index (χ3v) is 4.14. The van der Waals surface area contributed by atoms with E-state index >= 15 is 0 Å². The summed E-state index contributed by atoms with van der Waals surface area (Å²) in [5.41, 5.74) is 2.50. The Morgan fingerprint density at radius 2 is 2.00 bits per heavy atom. The van der Waals surface area contributed by atoms with Gasteiger partial charge in [-0.05, 0) is 24.6 Å². The maximum absolute atomic E-state index is 6.23. The molecule has 21 heavy (non-hydrogen) atoms. The standard InChI is InChI=1S/C14H15Cl3N2O2/c1-8-10(14(17)19(2)18-8)7-21-13-11(16)4-9(6-15)5-12(13)20-3/h4-5H,6-7H2,1-3H3. The van der Waals surface area contributed by atoms with Gasteiger partial charge in [-0.3, -0.25) is 4.68 Å². The van der Waals surface area contributed by atoms with Crippen molar-refractivity contribution in [2.24, 2.45) is 7.05 Å². The first-order valence-electron chi connectivity index (χ1n) is 6.21. The van der Waals surface area contributed by atoms with Crippen LogP contribution >= 0.6 is 34.8 Å². The van der Waals surface area contributed by atoms with Crippen molar-refractivity contribution in [2.45, 2.75) is 19.4 Å². The van der Waals surface area contributed by atoms with Crippen LogP contribution in [-0.2, 0) is 19.5 Å². The maximum Gasteiger partial charge on any atom is 0.180 e. The SMILES string of the molecule is COc1cc(CCl)cc(Cl)c1OCc1c(C)nn(C)c1Cl. The van der Waals surface area contributed by atoms with Crippen molar-refractivity contribution in [3.63, 3.8) is 0 Å². The van der Waals surface area contributed by atoms with Crippen molar-refractivity contribution in [1.82, 2.24) is 9.78 Å². The average Bonchev–Trinajstić information content (AvgIpc) is 2.70. The smallest absolute Gasteiger partial charge is 0.180 e. The van der Waals surface area contributed by atoms with Crippen LogP contribution in [0.15, 0.2) is 12.1 Å². The molecule has 0 fully saturated rings. The Morgan fingerprint density at radius 3 is 2.52 bits per heavy atom. The highest BCUT2D eigenvalue weighted by Gasteiger charge is 2.16. The second kappa shape index (κ2) is 6.77. The van der Waals surface area contributed by atoms with Crippen LogP contribution in [0.5, 0.6) is 11.5 Å². The van der Waals surface area contributed by atoms with Crippen LogP contribution in [0.1, 0.15) is 16.8 Å². The fourth-order valence-corrected chi connectivity index (χ4v) is 2.64. The van der Waals surface area contributed by atoms with Gasteiger partial charge in [-0.2, -0.15) is 5.10 Å². The van der Waals surface area contributed by atoms with Crippen molar-refractivity contribution in [3.05, 3.63) is 39.1 Å². The Morgan fingerprint density at radius 1 is 1.29 bits per heavy atom. The summed E-state index contributed by atoms with van der Waals surface area (Å²) in [5, 5.41) is 5.23. The van der Waals surface area contributed by atoms with Crippen LogP contribution in [0.2, 0.25) is 10.2 Å². The molecule has 0 amide bonds. The van der Waals surface area contributed by atoms with E-state index in [4.69, 9.17) is 44.3 Å². The molecule has 0 aliphatic carbocycles. The zero-order chi connectivity index (χ0) is 15.6. The normalized spacial score (nSPS) is 10.8. The summed E-state index contributed by atoms with van der Waals surface area (Å²) >= 11 is 18.2. The molecule has 0 atom stereocenters. The third-order valence-electron chi connectivity index (χ3n) is 3.07. The minimum absolute atomic E-state index is 0.259. The van der Waals surface area contributed by atoms with Crippen LogP contribution in [-0.4, -0.2) is 16.9 Å². The van der Waals surface area contributed by atoms with Gasteiger partial charge < -0.3 is 9.47 Å². The van der Waals surface area contributed by atoms with Gasteiger partial charge >= 0.3 is 0 Å². The fraction of sp³-hybridized carbons (Fsp3) is 0.357. The molecule has 1 aromatic heterocycles. The van der Waals surface area contributed by atoms with Gasteiger partial charge in [0.2, 0.25) is 0 Å². The van der Waals surface area contributed by atoms with E-state index in [1.54, 1.807) is 31.0 Å². The molecule has 2 aromatic rings. The molecule has 0 saturated heterocycles. The molecule has 0 aliphatic heterocycles. The van der Waals surface area contributed by atoms with Crippen molar-refractivity contribution >= 4 is 34.8 Å². The maximum atomic E-state index is 6.23. The molecule has 0 unspecified atom stereocenters. The summed E-state index contributed by atoms with van der Waals surface area (Å²) in [6.07, 6.45) is 0. The van der Waals surface area contributed by atoms with Gasteiger partial charge in [-0.15, -0.1) is 11.6 Å². The van der Waals surface area contributed by atoms with Crippen LogP contribution < -0.4 is 9.47 Å². The highest BCUT2D eigenvalue weighted by Crippen LogP contribution is 2.37. The van der Waals surface area contributed by atoms with Gasteiger partial charge in [0.15, 0.2) is 11.5 Å². The summed E-state index contributed by atoms with van der Waals surface area (Å²) in [4.78, 5) is 0. The molecule has 1 heterocycles. The number of hydrogen-bond donors (Lipinski definition) is 0. The topological polar surface area (TPSA) is 36.3 Å². The monoisotopic (exact) mass is 348 g/mol. The van der Waals surface area contributed by atoms with Crippen LogP contribution in [0, 0.1) is 6.92 Å². The van der Waals surface area contributed by atoms with E-state index in [2.05, 4.69) is 5.10 Å². The molecule has 0 bridgehead atoms. The Bertz CT molecular complexity index is 656. The van der Waals surface area contributed by atoms with E-state index in [1.807, 2.05) is 6.92 Å². The summed E-state index contributed by atoms with van der Waals surface area (Å²) in [6, 6.07) is 3.55. The zero-order valence-electron chi connectivity index (χ0n) is 11.9. The van der Waals surface area contributed by atoms with E-state index in [0.29, 0.717) is 27.6 Å².